The van der Waals surface area contributed by atoms with Crippen molar-refractivity contribution in [2.75, 3.05) is 0 Å². The van der Waals surface area contributed by atoms with Gasteiger partial charge < -0.3 is 9.84 Å². The Morgan fingerprint density at radius 1 is 1.58 bits per heavy atom. The fraction of sp³-hybridized carbons (Fsp3) is 0.385. The summed E-state index contributed by atoms with van der Waals surface area (Å²) in [5, 5.41) is 8.98. The number of aromatic nitrogens is 1. The van der Waals surface area contributed by atoms with Crippen LogP contribution >= 0.6 is 22.9 Å². The third-order valence-electron chi connectivity index (χ3n) is 2.47. The Bertz CT molecular complexity index is 562. The van der Waals surface area contributed by atoms with Crippen LogP contribution in [-0.2, 0) is 13.0 Å². The summed E-state index contributed by atoms with van der Waals surface area (Å²) < 4.78 is 5.17. The number of carbonyl (C=O) groups is 1. The standard InChI is InChI=1S/C13H15ClN2O2S/c1-8(2)5-9-6-10(18-16-9)7-15-13(17)12-11(14)3-4-19-12/h3-4,6,8H,5,7H2,1-2H3,(H,15,17). The molecule has 0 aliphatic heterocycles. The van der Waals surface area contributed by atoms with Crippen molar-refractivity contribution < 1.29 is 9.32 Å². The van der Waals surface area contributed by atoms with Gasteiger partial charge in [0.05, 0.1) is 17.3 Å². The molecule has 2 aromatic heterocycles. The van der Waals surface area contributed by atoms with Crippen molar-refractivity contribution in [2.45, 2.75) is 26.8 Å². The summed E-state index contributed by atoms with van der Waals surface area (Å²) in [5.41, 5.74) is 0.911. The molecule has 0 saturated carbocycles. The summed E-state index contributed by atoms with van der Waals surface area (Å²) in [4.78, 5) is 12.4. The number of hydrogen-bond acceptors (Lipinski definition) is 4. The van der Waals surface area contributed by atoms with E-state index in [-0.39, 0.29) is 5.91 Å². The first-order valence-electron chi connectivity index (χ1n) is 6.02. The molecule has 1 N–H and O–H groups in total. The first-order valence-corrected chi connectivity index (χ1v) is 7.27. The topological polar surface area (TPSA) is 55.1 Å². The smallest absolute Gasteiger partial charge is 0.263 e. The van der Waals surface area contributed by atoms with Crippen LogP contribution in [0.15, 0.2) is 22.0 Å². The number of nitrogens with zero attached hydrogens (tertiary/aromatic N) is 1. The molecule has 1 amide bonds. The van der Waals surface area contributed by atoms with Crippen molar-refractivity contribution in [3.63, 3.8) is 0 Å². The summed E-state index contributed by atoms with van der Waals surface area (Å²) in [6.45, 7) is 4.56. The van der Waals surface area contributed by atoms with Gasteiger partial charge in [0.25, 0.3) is 5.91 Å². The number of rotatable bonds is 5. The molecule has 0 unspecified atom stereocenters. The summed E-state index contributed by atoms with van der Waals surface area (Å²) in [5.74, 6) is 0.982. The van der Waals surface area contributed by atoms with Crippen LogP contribution in [0.2, 0.25) is 5.02 Å². The highest BCUT2D eigenvalue weighted by molar-refractivity contribution is 7.12. The first kappa shape index (κ1) is 14.1. The largest absolute Gasteiger partial charge is 0.359 e. The third kappa shape index (κ3) is 3.81. The van der Waals surface area contributed by atoms with E-state index in [0.717, 1.165) is 12.1 Å². The monoisotopic (exact) mass is 298 g/mol. The molecule has 0 aromatic carbocycles. The van der Waals surface area contributed by atoms with E-state index < -0.39 is 0 Å². The van der Waals surface area contributed by atoms with Gasteiger partial charge in [-0.3, -0.25) is 4.79 Å². The van der Waals surface area contributed by atoms with Crippen molar-refractivity contribution in [3.05, 3.63) is 38.9 Å². The van der Waals surface area contributed by atoms with Gasteiger partial charge in [-0.05, 0) is 23.8 Å². The van der Waals surface area contributed by atoms with E-state index in [2.05, 4.69) is 24.3 Å². The zero-order valence-corrected chi connectivity index (χ0v) is 12.3. The highest BCUT2D eigenvalue weighted by Gasteiger charge is 2.13. The van der Waals surface area contributed by atoms with Gasteiger partial charge in [0.15, 0.2) is 5.76 Å². The van der Waals surface area contributed by atoms with E-state index in [1.165, 1.54) is 11.3 Å². The Morgan fingerprint density at radius 2 is 2.37 bits per heavy atom. The van der Waals surface area contributed by atoms with Crippen LogP contribution in [0, 0.1) is 5.92 Å². The molecule has 0 radical (unpaired) electrons. The Hall–Kier alpha value is -1.33. The Kier molecular flexibility index (Phi) is 4.61. The molecule has 6 heteroatoms. The average molecular weight is 299 g/mol. The van der Waals surface area contributed by atoms with Gasteiger partial charge in [-0.1, -0.05) is 30.6 Å². The maximum Gasteiger partial charge on any atom is 0.263 e. The average Bonchev–Trinajstić information content (AvgIpc) is 2.94. The quantitative estimate of drug-likeness (QED) is 0.919. The van der Waals surface area contributed by atoms with Crippen LogP contribution in [0.1, 0.15) is 35.0 Å². The third-order valence-corrected chi connectivity index (χ3v) is 3.81. The lowest BCUT2D eigenvalue weighted by Gasteiger charge is -2.00. The van der Waals surface area contributed by atoms with Crippen LogP contribution in [0.4, 0.5) is 0 Å². The van der Waals surface area contributed by atoms with E-state index in [0.29, 0.717) is 28.1 Å². The van der Waals surface area contributed by atoms with Crippen LogP contribution < -0.4 is 5.32 Å². The predicted octanol–water partition coefficient (Wildman–Crippen LogP) is 3.52. The zero-order chi connectivity index (χ0) is 13.8. The van der Waals surface area contributed by atoms with Gasteiger partial charge in [0, 0.05) is 6.07 Å². The van der Waals surface area contributed by atoms with Crippen molar-refractivity contribution in [2.24, 2.45) is 5.92 Å². The van der Waals surface area contributed by atoms with Gasteiger partial charge in [0.2, 0.25) is 0 Å². The lowest BCUT2D eigenvalue weighted by atomic mass is 10.1. The first-order chi connectivity index (χ1) is 9.06. The molecule has 2 aromatic rings. The zero-order valence-electron chi connectivity index (χ0n) is 10.8. The molecule has 0 saturated heterocycles. The van der Waals surface area contributed by atoms with Gasteiger partial charge in [-0.2, -0.15) is 0 Å². The van der Waals surface area contributed by atoms with Crippen LogP contribution in [0.5, 0.6) is 0 Å². The number of hydrogen-bond donors (Lipinski definition) is 1. The number of halogens is 1. The minimum atomic E-state index is -0.193. The Balaban J connectivity index is 1.90. The minimum Gasteiger partial charge on any atom is -0.359 e. The fourth-order valence-corrected chi connectivity index (χ4v) is 2.71. The molecule has 2 rings (SSSR count). The van der Waals surface area contributed by atoms with Gasteiger partial charge >= 0.3 is 0 Å². The summed E-state index contributed by atoms with van der Waals surface area (Å²) in [6.07, 6.45) is 0.869. The second-order valence-electron chi connectivity index (χ2n) is 4.66. The SMILES string of the molecule is CC(C)Cc1cc(CNC(=O)c2sccc2Cl)on1. The van der Waals surface area contributed by atoms with Gasteiger partial charge in [0.1, 0.15) is 4.88 Å². The molecule has 102 valence electrons. The maximum absolute atomic E-state index is 11.8. The molecule has 0 fully saturated rings. The summed E-state index contributed by atoms with van der Waals surface area (Å²) >= 11 is 7.21. The highest BCUT2D eigenvalue weighted by atomic mass is 35.5. The highest BCUT2D eigenvalue weighted by Crippen LogP contribution is 2.21. The summed E-state index contributed by atoms with van der Waals surface area (Å²) in [6, 6.07) is 3.58. The van der Waals surface area contributed by atoms with Crippen molar-refractivity contribution in [1.29, 1.82) is 0 Å². The predicted molar refractivity (Wildman–Crippen MR) is 75.5 cm³/mol. The lowest BCUT2D eigenvalue weighted by molar-refractivity contribution is 0.0951. The fourth-order valence-electron chi connectivity index (χ4n) is 1.66. The number of carbonyl (C=O) groups excluding carboxylic acids is 1. The minimum absolute atomic E-state index is 0.193. The molecule has 0 aliphatic rings. The maximum atomic E-state index is 11.8. The van der Waals surface area contributed by atoms with E-state index in [4.69, 9.17) is 16.1 Å². The molecular formula is C13H15ClN2O2S. The Labute approximate surface area is 120 Å². The summed E-state index contributed by atoms with van der Waals surface area (Å²) in [7, 11) is 0. The van der Waals surface area contributed by atoms with Crippen molar-refractivity contribution in [1.82, 2.24) is 10.5 Å². The van der Waals surface area contributed by atoms with E-state index >= 15 is 0 Å². The molecule has 0 atom stereocenters. The van der Waals surface area contributed by atoms with Crippen LogP contribution in [0.3, 0.4) is 0 Å². The van der Waals surface area contributed by atoms with E-state index in [9.17, 15) is 4.79 Å². The second kappa shape index (κ2) is 6.21. The molecular weight excluding hydrogens is 284 g/mol. The lowest BCUT2D eigenvalue weighted by Crippen LogP contribution is -2.21. The van der Waals surface area contributed by atoms with Crippen molar-refractivity contribution in [3.8, 4) is 0 Å². The molecule has 0 spiro atoms. The van der Waals surface area contributed by atoms with Gasteiger partial charge in [-0.25, -0.2) is 0 Å². The molecule has 2 heterocycles. The number of thiophene rings is 1. The van der Waals surface area contributed by atoms with Crippen LogP contribution in [-0.4, -0.2) is 11.1 Å². The van der Waals surface area contributed by atoms with Crippen molar-refractivity contribution >= 4 is 28.8 Å². The number of nitrogens with one attached hydrogen (secondary N) is 1. The molecule has 0 aliphatic carbocycles. The molecule has 4 nitrogen and oxygen atoms in total. The second-order valence-corrected chi connectivity index (χ2v) is 5.99. The molecule has 0 bridgehead atoms. The van der Waals surface area contributed by atoms with E-state index in [1.54, 1.807) is 11.4 Å². The number of amides is 1. The Morgan fingerprint density at radius 3 is 3.00 bits per heavy atom. The van der Waals surface area contributed by atoms with Gasteiger partial charge in [-0.15, -0.1) is 11.3 Å². The van der Waals surface area contributed by atoms with Crippen LogP contribution in [0.25, 0.3) is 0 Å². The van der Waals surface area contributed by atoms with E-state index in [1.807, 2.05) is 6.07 Å². The molecule has 19 heavy (non-hydrogen) atoms. The normalized spacial score (nSPS) is 10.9.